The normalized spacial score (nSPS) is 18.9. The van der Waals surface area contributed by atoms with Gasteiger partial charge in [0.2, 0.25) is 0 Å². The SMILES string of the molecule is O=C(NCc1ccccc1)N1CCC2COC(=O)N2c2cc(F)ccc2C1. The molecule has 0 saturated carbocycles. The molecule has 2 aliphatic heterocycles. The van der Waals surface area contributed by atoms with E-state index < -0.39 is 11.9 Å². The van der Waals surface area contributed by atoms with Crippen molar-refractivity contribution in [2.45, 2.75) is 25.6 Å². The third-order valence-electron chi connectivity index (χ3n) is 4.94. The Labute approximate surface area is 156 Å². The Morgan fingerprint density at radius 1 is 1.22 bits per heavy atom. The number of anilines is 1. The fraction of sp³-hybridized carbons (Fsp3) is 0.300. The minimum Gasteiger partial charge on any atom is -0.447 e. The molecular formula is C20H20FN3O3. The highest BCUT2D eigenvalue weighted by Gasteiger charge is 2.37. The summed E-state index contributed by atoms with van der Waals surface area (Å²) in [5.74, 6) is -0.423. The molecular weight excluding hydrogens is 349 g/mol. The Hall–Kier alpha value is -3.09. The second-order valence-corrected chi connectivity index (χ2v) is 6.73. The Morgan fingerprint density at radius 3 is 2.85 bits per heavy atom. The van der Waals surface area contributed by atoms with Crippen molar-refractivity contribution < 1.29 is 18.7 Å². The highest BCUT2D eigenvalue weighted by molar-refractivity contribution is 5.91. The van der Waals surface area contributed by atoms with Gasteiger partial charge in [-0.25, -0.2) is 14.0 Å². The van der Waals surface area contributed by atoms with Gasteiger partial charge in [-0.2, -0.15) is 0 Å². The molecule has 1 fully saturated rings. The number of halogens is 1. The number of nitrogens with one attached hydrogen (secondary N) is 1. The van der Waals surface area contributed by atoms with Crippen LogP contribution in [-0.4, -0.2) is 36.2 Å². The van der Waals surface area contributed by atoms with Gasteiger partial charge in [0.1, 0.15) is 12.4 Å². The second kappa shape index (κ2) is 7.26. The van der Waals surface area contributed by atoms with E-state index in [0.717, 1.165) is 11.1 Å². The third-order valence-corrected chi connectivity index (χ3v) is 4.94. The maximum Gasteiger partial charge on any atom is 0.414 e. The zero-order valence-corrected chi connectivity index (χ0v) is 14.7. The molecule has 0 aliphatic carbocycles. The Balaban J connectivity index is 1.55. The van der Waals surface area contributed by atoms with Crippen molar-refractivity contribution in [2.24, 2.45) is 0 Å². The van der Waals surface area contributed by atoms with Gasteiger partial charge in [-0.15, -0.1) is 0 Å². The molecule has 1 atom stereocenters. The zero-order chi connectivity index (χ0) is 18.8. The summed E-state index contributed by atoms with van der Waals surface area (Å²) in [5.41, 5.74) is 2.21. The molecule has 1 saturated heterocycles. The Bertz CT molecular complexity index is 859. The van der Waals surface area contributed by atoms with Gasteiger partial charge in [0.25, 0.3) is 0 Å². The summed E-state index contributed by atoms with van der Waals surface area (Å²) in [6, 6.07) is 13.6. The van der Waals surface area contributed by atoms with Gasteiger partial charge in [0.15, 0.2) is 0 Å². The van der Waals surface area contributed by atoms with E-state index in [1.807, 2.05) is 30.3 Å². The molecule has 2 heterocycles. The quantitative estimate of drug-likeness (QED) is 0.884. The maximum atomic E-state index is 13.8. The topological polar surface area (TPSA) is 61.9 Å². The van der Waals surface area contributed by atoms with E-state index in [0.29, 0.717) is 31.7 Å². The number of cyclic esters (lactones) is 1. The van der Waals surface area contributed by atoms with Crippen LogP contribution in [0.5, 0.6) is 0 Å². The second-order valence-electron chi connectivity index (χ2n) is 6.73. The summed E-state index contributed by atoms with van der Waals surface area (Å²) in [6.45, 7) is 1.46. The number of amides is 3. The molecule has 140 valence electrons. The predicted octanol–water partition coefficient (Wildman–Crippen LogP) is 3.27. The van der Waals surface area contributed by atoms with Crippen molar-refractivity contribution >= 4 is 17.8 Å². The summed E-state index contributed by atoms with van der Waals surface area (Å²) >= 11 is 0. The van der Waals surface area contributed by atoms with Crippen LogP contribution in [0.1, 0.15) is 17.5 Å². The van der Waals surface area contributed by atoms with Crippen molar-refractivity contribution in [3.63, 3.8) is 0 Å². The average molecular weight is 369 g/mol. The van der Waals surface area contributed by atoms with E-state index in [1.54, 1.807) is 11.0 Å². The number of hydrogen-bond acceptors (Lipinski definition) is 3. The van der Waals surface area contributed by atoms with Crippen LogP contribution in [0.15, 0.2) is 48.5 Å². The number of fused-ring (bicyclic) bond motifs is 3. The van der Waals surface area contributed by atoms with Crippen LogP contribution in [0.2, 0.25) is 0 Å². The van der Waals surface area contributed by atoms with Gasteiger partial charge < -0.3 is 15.0 Å². The zero-order valence-electron chi connectivity index (χ0n) is 14.7. The van der Waals surface area contributed by atoms with Crippen LogP contribution in [0.4, 0.5) is 19.7 Å². The predicted molar refractivity (Wildman–Crippen MR) is 97.7 cm³/mol. The van der Waals surface area contributed by atoms with Crippen LogP contribution in [0.25, 0.3) is 0 Å². The minimum atomic E-state index is -0.464. The van der Waals surface area contributed by atoms with Gasteiger partial charge in [-0.3, -0.25) is 4.90 Å². The van der Waals surface area contributed by atoms with Crippen molar-refractivity contribution in [1.82, 2.24) is 10.2 Å². The van der Waals surface area contributed by atoms with Crippen LogP contribution >= 0.6 is 0 Å². The lowest BCUT2D eigenvalue weighted by Crippen LogP contribution is -2.45. The molecule has 27 heavy (non-hydrogen) atoms. The molecule has 4 rings (SSSR count). The molecule has 6 nitrogen and oxygen atoms in total. The fourth-order valence-corrected chi connectivity index (χ4v) is 3.51. The first kappa shape index (κ1) is 17.3. The van der Waals surface area contributed by atoms with E-state index in [-0.39, 0.29) is 18.7 Å². The van der Waals surface area contributed by atoms with Crippen molar-refractivity contribution in [3.8, 4) is 0 Å². The number of ether oxygens (including phenoxy) is 1. The molecule has 0 spiro atoms. The average Bonchev–Trinajstić information content (AvgIpc) is 3.03. The van der Waals surface area contributed by atoms with Crippen LogP contribution in [0, 0.1) is 5.82 Å². The standard InChI is InChI=1S/C20H20FN3O3/c21-16-7-6-15-12-23(19(25)22-11-14-4-2-1-3-5-14)9-8-17-13-27-20(26)24(17)18(15)10-16/h1-7,10,17H,8-9,11-13H2,(H,22,25). The van der Waals surface area contributed by atoms with Gasteiger partial charge >= 0.3 is 12.1 Å². The summed E-state index contributed by atoms with van der Waals surface area (Å²) in [7, 11) is 0. The molecule has 2 aliphatic rings. The molecule has 2 aromatic carbocycles. The highest BCUT2D eigenvalue weighted by Crippen LogP contribution is 2.32. The first-order valence-corrected chi connectivity index (χ1v) is 8.93. The lowest BCUT2D eigenvalue weighted by atomic mass is 10.1. The monoisotopic (exact) mass is 369 g/mol. The molecule has 0 bridgehead atoms. The van der Waals surface area contributed by atoms with E-state index in [9.17, 15) is 14.0 Å². The van der Waals surface area contributed by atoms with Crippen molar-refractivity contribution in [1.29, 1.82) is 0 Å². The number of rotatable bonds is 2. The summed E-state index contributed by atoms with van der Waals surface area (Å²) in [6.07, 6.45) is 0.106. The van der Waals surface area contributed by atoms with Gasteiger partial charge in [-0.1, -0.05) is 36.4 Å². The van der Waals surface area contributed by atoms with E-state index in [2.05, 4.69) is 5.32 Å². The Kier molecular flexibility index (Phi) is 4.66. The number of benzene rings is 2. The van der Waals surface area contributed by atoms with E-state index >= 15 is 0 Å². The van der Waals surface area contributed by atoms with Crippen molar-refractivity contribution in [2.75, 3.05) is 18.1 Å². The summed E-state index contributed by atoms with van der Waals surface area (Å²) in [4.78, 5) is 28.0. The largest absolute Gasteiger partial charge is 0.447 e. The number of carbonyl (C=O) groups is 2. The first-order valence-electron chi connectivity index (χ1n) is 8.93. The van der Waals surface area contributed by atoms with E-state index in [4.69, 9.17) is 4.74 Å². The molecule has 1 N–H and O–H groups in total. The van der Waals surface area contributed by atoms with Crippen LogP contribution in [-0.2, 0) is 17.8 Å². The first-order chi connectivity index (χ1) is 13.1. The molecule has 1 unspecified atom stereocenters. The molecule has 3 amide bonds. The summed E-state index contributed by atoms with van der Waals surface area (Å²) in [5, 5.41) is 2.93. The molecule has 0 radical (unpaired) electrons. The number of hydrogen-bond donors (Lipinski definition) is 1. The molecule has 2 aromatic rings. The molecule has 7 heteroatoms. The summed E-state index contributed by atoms with van der Waals surface area (Å²) < 4.78 is 19.0. The van der Waals surface area contributed by atoms with Crippen LogP contribution < -0.4 is 10.2 Å². The fourth-order valence-electron chi connectivity index (χ4n) is 3.51. The van der Waals surface area contributed by atoms with Crippen molar-refractivity contribution in [3.05, 3.63) is 65.5 Å². The van der Waals surface area contributed by atoms with Gasteiger partial charge in [0, 0.05) is 19.6 Å². The van der Waals surface area contributed by atoms with Gasteiger partial charge in [-0.05, 0) is 29.7 Å². The lowest BCUT2D eigenvalue weighted by Gasteiger charge is -2.32. The maximum absolute atomic E-state index is 13.8. The third kappa shape index (κ3) is 3.58. The minimum absolute atomic E-state index is 0.187. The molecule has 0 aromatic heterocycles. The lowest BCUT2D eigenvalue weighted by molar-refractivity contribution is 0.176. The van der Waals surface area contributed by atoms with E-state index in [1.165, 1.54) is 17.0 Å². The highest BCUT2D eigenvalue weighted by atomic mass is 19.1. The smallest absolute Gasteiger partial charge is 0.414 e. The van der Waals surface area contributed by atoms with Gasteiger partial charge in [0.05, 0.1) is 11.7 Å². The van der Waals surface area contributed by atoms with Crippen LogP contribution in [0.3, 0.4) is 0 Å². The number of urea groups is 1. The number of carbonyl (C=O) groups excluding carboxylic acids is 2. The number of nitrogens with zero attached hydrogens (tertiary/aromatic N) is 2. The Morgan fingerprint density at radius 2 is 2.04 bits per heavy atom.